The predicted octanol–water partition coefficient (Wildman–Crippen LogP) is 4.18. The maximum Gasteiger partial charge on any atom is 0.181 e. The highest BCUT2D eigenvalue weighted by Crippen LogP contribution is 2.26. The second-order valence-corrected chi connectivity index (χ2v) is 9.65. The minimum absolute atomic E-state index is 0.319. The quantitative estimate of drug-likeness (QED) is 0.543. The molecule has 6 heteroatoms. The van der Waals surface area contributed by atoms with Gasteiger partial charge in [-0.2, -0.15) is 0 Å². The number of rotatable bonds is 10. The molecule has 0 radical (unpaired) electrons. The van der Waals surface area contributed by atoms with E-state index in [-0.39, 0.29) is 5.25 Å². The number of nitrogens with zero attached hydrogens (tertiary/aromatic N) is 1. The summed E-state index contributed by atoms with van der Waals surface area (Å²) in [6, 6.07) is 16.6. The highest BCUT2D eigenvalue weighted by Gasteiger charge is 2.31. The van der Waals surface area contributed by atoms with Gasteiger partial charge in [0.15, 0.2) is 9.84 Å². The number of ether oxygens (including phenoxy) is 2. The topological polar surface area (TPSA) is 55.8 Å². The maximum absolute atomic E-state index is 13.0. The summed E-state index contributed by atoms with van der Waals surface area (Å²) in [6.45, 7) is 5.75. The Morgan fingerprint density at radius 3 is 2.17 bits per heavy atom. The van der Waals surface area contributed by atoms with E-state index >= 15 is 0 Å². The lowest BCUT2D eigenvalue weighted by Crippen LogP contribution is -2.41. The molecule has 2 aromatic carbocycles. The van der Waals surface area contributed by atoms with E-state index in [1.165, 1.54) is 0 Å². The molecular formula is C23H31NO4S. The Bertz CT molecular complexity index is 829. The van der Waals surface area contributed by atoms with E-state index in [1.807, 2.05) is 30.3 Å². The summed E-state index contributed by atoms with van der Waals surface area (Å²) in [6.07, 6.45) is 3.38. The van der Waals surface area contributed by atoms with Gasteiger partial charge >= 0.3 is 0 Å². The lowest BCUT2D eigenvalue weighted by molar-refractivity contribution is 0.184. The fraction of sp³-hybridized carbons (Fsp3) is 0.478. The summed E-state index contributed by atoms with van der Waals surface area (Å²) in [4.78, 5) is 2.67. The van der Waals surface area contributed by atoms with Crippen molar-refractivity contribution in [2.45, 2.75) is 42.8 Å². The molecule has 1 fully saturated rings. The minimum atomic E-state index is -3.30. The molecule has 0 N–H and O–H groups in total. The summed E-state index contributed by atoms with van der Waals surface area (Å²) in [5.41, 5.74) is 0. The van der Waals surface area contributed by atoms with Gasteiger partial charge in [-0.3, -0.25) is 4.90 Å². The number of piperidine rings is 1. The number of sulfone groups is 1. The van der Waals surface area contributed by atoms with E-state index in [2.05, 4.69) is 11.8 Å². The molecule has 0 spiro atoms. The van der Waals surface area contributed by atoms with E-state index in [0.29, 0.717) is 31.0 Å². The van der Waals surface area contributed by atoms with Crippen LogP contribution >= 0.6 is 0 Å². The molecule has 0 bridgehead atoms. The van der Waals surface area contributed by atoms with Crippen LogP contribution in [0.3, 0.4) is 0 Å². The molecule has 29 heavy (non-hydrogen) atoms. The average Bonchev–Trinajstić information content (AvgIpc) is 2.75. The van der Waals surface area contributed by atoms with E-state index in [1.54, 1.807) is 24.3 Å². The Hall–Kier alpha value is -2.05. The van der Waals surface area contributed by atoms with Crippen LogP contribution in [0, 0.1) is 0 Å². The maximum atomic E-state index is 13.0. The number of para-hydroxylation sites is 1. The zero-order valence-electron chi connectivity index (χ0n) is 17.1. The molecule has 1 heterocycles. The predicted molar refractivity (Wildman–Crippen MR) is 115 cm³/mol. The molecule has 158 valence electrons. The zero-order valence-corrected chi connectivity index (χ0v) is 17.9. The highest BCUT2D eigenvalue weighted by atomic mass is 32.2. The molecule has 0 saturated carbocycles. The third-order valence-corrected chi connectivity index (χ3v) is 7.59. The van der Waals surface area contributed by atoms with E-state index < -0.39 is 9.84 Å². The molecule has 3 rings (SSSR count). The third kappa shape index (κ3) is 6.21. The van der Waals surface area contributed by atoms with Crippen LogP contribution in [0.5, 0.6) is 11.5 Å². The highest BCUT2D eigenvalue weighted by molar-refractivity contribution is 7.92. The first-order valence-electron chi connectivity index (χ1n) is 10.5. The van der Waals surface area contributed by atoms with E-state index in [9.17, 15) is 8.42 Å². The summed E-state index contributed by atoms with van der Waals surface area (Å²) >= 11 is 0. The molecule has 0 aliphatic carbocycles. The van der Waals surface area contributed by atoms with Crippen LogP contribution in [-0.2, 0) is 9.84 Å². The Morgan fingerprint density at radius 2 is 1.52 bits per heavy atom. The third-order valence-electron chi connectivity index (χ3n) is 5.31. The van der Waals surface area contributed by atoms with Crippen LogP contribution in [0.1, 0.15) is 32.6 Å². The lowest BCUT2D eigenvalue weighted by atomic mass is 10.1. The van der Waals surface area contributed by atoms with Crippen molar-refractivity contribution in [1.29, 1.82) is 0 Å². The first-order valence-corrected chi connectivity index (χ1v) is 12.0. The Morgan fingerprint density at radius 1 is 0.897 bits per heavy atom. The van der Waals surface area contributed by atoms with Gasteiger partial charge in [0.2, 0.25) is 0 Å². The normalized spacial score (nSPS) is 15.9. The second kappa shape index (κ2) is 10.6. The van der Waals surface area contributed by atoms with Crippen molar-refractivity contribution in [3.8, 4) is 11.5 Å². The molecule has 0 unspecified atom stereocenters. The van der Waals surface area contributed by atoms with Gasteiger partial charge < -0.3 is 9.47 Å². The summed E-state index contributed by atoms with van der Waals surface area (Å²) in [5.74, 6) is 1.60. The SMILES string of the molecule is CCCCOc1ccc(S(=O)(=O)C2CCN(CCOc3ccccc3)CC2)cc1. The molecule has 1 aliphatic rings. The van der Waals surface area contributed by atoms with Gasteiger partial charge in [-0.1, -0.05) is 31.5 Å². The van der Waals surface area contributed by atoms with E-state index in [0.717, 1.165) is 44.0 Å². The van der Waals surface area contributed by atoms with Crippen LogP contribution in [0.4, 0.5) is 0 Å². The smallest absolute Gasteiger partial charge is 0.181 e. The van der Waals surface area contributed by atoms with Gasteiger partial charge in [-0.05, 0) is 68.8 Å². The fourth-order valence-corrected chi connectivity index (χ4v) is 5.24. The van der Waals surface area contributed by atoms with Gasteiger partial charge in [0.1, 0.15) is 18.1 Å². The molecule has 0 aromatic heterocycles. The standard InChI is InChI=1S/C23H31NO4S/c1-2-3-18-27-21-9-11-22(12-10-21)29(25,26)23-13-15-24(16-14-23)17-19-28-20-7-5-4-6-8-20/h4-12,23H,2-3,13-19H2,1H3. The molecular weight excluding hydrogens is 386 g/mol. The van der Waals surface area contributed by atoms with Gasteiger partial charge in [0.25, 0.3) is 0 Å². The van der Waals surface area contributed by atoms with Crippen LogP contribution in [0.2, 0.25) is 0 Å². The van der Waals surface area contributed by atoms with Crippen molar-refractivity contribution >= 4 is 9.84 Å². The van der Waals surface area contributed by atoms with Gasteiger partial charge in [-0.25, -0.2) is 8.42 Å². The van der Waals surface area contributed by atoms with Gasteiger partial charge in [0.05, 0.1) is 16.8 Å². The van der Waals surface area contributed by atoms with Gasteiger partial charge in [0, 0.05) is 6.54 Å². The average molecular weight is 418 g/mol. The minimum Gasteiger partial charge on any atom is -0.494 e. The van der Waals surface area contributed by atoms with Crippen molar-refractivity contribution in [2.24, 2.45) is 0 Å². The lowest BCUT2D eigenvalue weighted by Gasteiger charge is -2.31. The number of likely N-dealkylation sites (tertiary alicyclic amines) is 1. The number of benzene rings is 2. The Labute approximate surface area is 174 Å². The zero-order chi connectivity index (χ0) is 20.5. The van der Waals surface area contributed by atoms with Crippen LogP contribution in [0.15, 0.2) is 59.5 Å². The van der Waals surface area contributed by atoms with Crippen molar-refractivity contribution < 1.29 is 17.9 Å². The number of hydrogen-bond donors (Lipinski definition) is 0. The van der Waals surface area contributed by atoms with Gasteiger partial charge in [-0.15, -0.1) is 0 Å². The van der Waals surface area contributed by atoms with Crippen molar-refractivity contribution in [3.63, 3.8) is 0 Å². The van der Waals surface area contributed by atoms with Crippen molar-refractivity contribution in [2.75, 3.05) is 32.8 Å². The van der Waals surface area contributed by atoms with Crippen molar-refractivity contribution in [3.05, 3.63) is 54.6 Å². The molecule has 0 atom stereocenters. The molecule has 0 amide bonds. The summed E-state index contributed by atoms with van der Waals surface area (Å²) in [5, 5.41) is -0.319. The first kappa shape index (κ1) is 21.7. The van der Waals surface area contributed by atoms with Crippen LogP contribution in [-0.4, -0.2) is 51.4 Å². The monoisotopic (exact) mass is 417 g/mol. The van der Waals surface area contributed by atoms with Crippen molar-refractivity contribution in [1.82, 2.24) is 4.90 Å². The number of unbranched alkanes of at least 4 members (excludes halogenated alkanes) is 1. The first-order chi connectivity index (χ1) is 14.1. The Balaban J connectivity index is 1.46. The Kier molecular flexibility index (Phi) is 7.95. The molecule has 1 saturated heterocycles. The molecule has 1 aliphatic heterocycles. The molecule has 5 nitrogen and oxygen atoms in total. The van der Waals surface area contributed by atoms with Crippen LogP contribution < -0.4 is 9.47 Å². The van der Waals surface area contributed by atoms with E-state index in [4.69, 9.17) is 9.47 Å². The number of hydrogen-bond acceptors (Lipinski definition) is 5. The largest absolute Gasteiger partial charge is 0.494 e. The molecule has 2 aromatic rings. The summed E-state index contributed by atoms with van der Waals surface area (Å²) < 4.78 is 37.3. The summed E-state index contributed by atoms with van der Waals surface area (Å²) in [7, 11) is -3.30. The second-order valence-electron chi connectivity index (χ2n) is 7.42. The fourth-order valence-electron chi connectivity index (χ4n) is 3.50. The van der Waals surface area contributed by atoms with Crippen LogP contribution in [0.25, 0.3) is 0 Å².